The molecule has 0 saturated carbocycles. The van der Waals surface area contributed by atoms with Crippen LogP contribution in [0.3, 0.4) is 0 Å². The van der Waals surface area contributed by atoms with E-state index in [1.54, 1.807) is 12.1 Å². The minimum atomic E-state index is -0.293. The van der Waals surface area contributed by atoms with E-state index in [-0.39, 0.29) is 29.8 Å². The maximum Gasteiger partial charge on any atom is 0.193 e. The van der Waals surface area contributed by atoms with E-state index in [1.165, 1.54) is 46.0 Å². The molecule has 2 aliphatic heterocycles. The largest absolute Gasteiger partial charge is 0.494 e. The topological polar surface area (TPSA) is 43.3 Å². The summed E-state index contributed by atoms with van der Waals surface area (Å²) in [5.74, 6) is 1.85. The Morgan fingerprint density at radius 1 is 1.13 bits per heavy atom. The molecule has 1 N–H and O–H groups in total. The Kier molecular flexibility index (Phi) is 11.3. The van der Waals surface area contributed by atoms with Crippen molar-refractivity contribution in [2.24, 2.45) is 10.9 Å². The number of aliphatic imine (C=N–C) groups is 1. The van der Waals surface area contributed by atoms with Gasteiger partial charge in [-0.2, -0.15) is 0 Å². The van der Waals surface area contributed by atoms with Crippen molar-refractivity contribution in [3.63, 3.8) is 0 Å². The standard InChI is InChI=1S/C23H38FN5O.HI/c1-4-27-11-8-19(9-12-27)7-10-26-23(25-2)29-15-13-28(14-16-29)18-20-5-6-22(30-3)21(24)17-20;/h5-6,17,19H,4,7-16,18H2,1-3H3,(H,25,26);1H. The van der Waals surface area contributed by atoms with Gasteiger partial charge in [-0.3, -0.25) is 9.89 Å². The average Bonchev–Trinajstić information content (AvgIpc) is 2.78. The van der Waals surface area contributed by atoms with Crippen LogP contribution >= 0.6 is 24.0 Å². The number of piperidine rings is 1. The third kappa shape index (κ3) is 7.75. The molecular formula is C23H39FIN5O. The van der Waals surface area contributed by atoms with Gasteiger partial charge >= 0.3 is 0 Å². The predicted octanol–water partition coefficient (Wildman–Crippen LogP) is 3.27. The van der Waals surface area contributed by atoms with Crippen molar-refractivity contribution in [3.05, 3.63) is 29.6 Å². The summed E-state index contributed by atoms with van der Waals surface area (Å²) < 4.78 is 18.9. The van der Waals surface area contributed by atoms with E-state index in [9.17, 15) is 4.39 Å². The lowest BCUT2D eigenvalue weighted by molar-refractivity contribution is 0.171. The predicted molar refractivity (Wildman–Crippen MR) is 136 cm³/mol. The van der Waals surface area contributed by atoms with Gasteiger partial charge in [-0.15, -0.1) is 24.0 Å². The number of halogens is 2. The second-order valence-corrected chi connectivity index (χ2v) is 8.37. The molecule has 176 valence electrons. The number of hydrogen-bond donors (Lipinski definition) is 1. The van der Waals surface area contributed by atoms with Crippen molar-refractivity contribution in [2.75, 3.05) is 66.5 Å². The number of hydrogen-bond acceptors (Lipinski definition) is 4. The van der Waals surface area contributed by atoms with Crippen LogP contribution in [0.4, 0.5) is 4.39 Å². The molecule has 8 heteroatoms. The average molecular weight is 548 g/mol. The Bertz CT molecular complexity index is 689. The van der Waals surface area contributed by atoms with Crippen LogP contribution < -0.4 is 10.1 Å². The second-order valence-electron chi connectivity index (χ2n) is 8.37. The third-order valence-corrected chi connectivity index (χ3v) is 6.50. The molecule has 1 aromatic carbocycles. The summed E-state index contributed by atoms with van der Waals surface area (Å²) in [5, 5.41) is 3.58. The van der Waals surface area contributed by atoms with Crippen molar-refractivity contribution < 1.29 is 9.13 Å². The molecule has 0 spiro atoms. The monoisotopic (exact) mass is 547 g/mol. The van der Waals surface area contributed by atoms with Gasteiger partial charge in [0, 0.05) is 46.3 Å². The molecule has 2 saturated heterocycles. The number of nitrogens with one attached hydrogen (secondary N) is 1. The molecule has 0 unspecified atom stereocenters. The highest BCUT2D eigenvalue weighted by Gasteiger charge is 2.21. The van der Waals surface area contributed by atoms with Gasteiger partial charge in [0.2, 0.25) is 0 Å². The zero-order chi connectivity index (χ0) is 21.3. The molecule has 0 atom stereocenters. The smallest absolute Gasteiger partial charge is 0.193 e. The first kappa shape index (κ1) is 26.1. The summed E-state index contributed by atoms with van der Waals surface area (Å²) in [6, 6.07) is 5.23. The number of rotatable bonds is 7. The number of likely N-dealkylation sites (tertiary alicyclic amines) is 1. The summed E-state index contributed by atoms with van der Waals surface area (Å²) in [4.78, 5) is 11.8. The van der Waals surface area contributed by atoms with E-state index < -0.39 is 0 Å². The lowest BCUT2D eigenvalue weighted by Gasteiger charge is -2.37. The normalized spacial score (nSPS) is 19.2. The van der Waals surface area contributed by atoms with E-state index in [0.29, 0.717) is 5.75 Å². The van der Waals surface area contributed by atoms with Gasteiger partial charge in [-0.25, -0.2) is 4.39 Å². The summed E-state index contributed by atoms with van der Waals surface area (Å²) >= 11 is 0. The van der Waals surface area contributed by atoms with E-state index in [2.05, 4.69) is 31.9 Å². The van der Waals surface area contributed by atoms with E-state index in [0.717, 1.165) is 56.7 Å². The van der Waals surface area contributed by atoms with Crippen LogP contribution in [0.25, 0.3) is 0 Å². The number of ether oxygens (including phenoxy) is 1. The molecule has 6 nitrogen and oxygen atoms in total. The van der Waals surface area contributed by atoms with Crippen molar-refractivity contribution in [2.45, 2.75) is 32.7 Å². The maximum atomic E-state index is 13.9. The molecule has 2 aliphatic rings. The van der Waals surface area contributed by atoms with Crippen LogP contribution in [0.15, 0.2) is 23.2 Å². The minimum Gasteiger partial charge on any atom is -0.494 e. The molecule has 0 radical (unpaired) electrons. The highest BCUT2D eigenvalue weighted by molar-refractivity contribution is 14.0. The molecule has 0 aromatic heterocycles. The van der Waals surface area contributed by atoms with Gasteiger partial charge in [-0.1, -0.05) is 13.0 Å². The molecule has 1 aromatic rings. The lowest BCUT2D eigenvalue weighted by Crippen LogP contribution is -2.52. The molecule has 0 aliphatic carbocycles. The Morgan fingerprint density at radius 3 is 2.42 bits per heavy atom. The Morgan fingerprint density at radius 2 is 1.84 bits per heavy atom. The van der Waals surface area contributed by atoms with Crippen molar-refractivity contribution in [1.29, 1.82) is 0 Å². The van der Waals surface area contributed by atoms with Gasteiger partial charge < -0.3 is 19.9 Å². The summed E-state index contributed by atoms with van der Waals surface area (Å²) in [5.41, 5.74) is 0.985. The zero-order valence-corrected chi connectivity index (χ0v) is 21.6. The molecular weight excluding hydrogens is 508 g/mol. The van der Waals surface area contributed by atoms with Crippen LogP contribution in [0, 0.1) is 11.7 Å². The fourth-order valence-corrected chi connectivity index (χ4v) is 4.50. The first-order valence-corrected chi connectivity index (χ1v) is 11.4. The molecule has 3 rings (SSSR count). The van der Waals surface area contributed by atoms with Gasteiger partial charge in [-0.05, 0) is 62.5 Å². The van der Waals surface area contributed by atoms with Gasteiger partial charge in [0.25, 0.3) is 0 Å². The van der Waals surface area contributed by atoms with E-state index >= 15 is 0 Å². The van der Waals surface area contributed by atoms with E-state index in [1.807, 2.05) is 13.1 Å². The molecule has 2 heterocycles. The summed E-state index contributed by atoms with van der Waals surface area (Å²) in [7, 11) is 3.36. The fraction of sp³-hybridized carbons (Fsp3) is 0.696. The first-order valence-electron chi connectivity index (χ1n) is 11.4. The molecule has 0 amide bonds. The Hall–Kier alpha value is -1.13. The quantitative estimate of drug-likeness (QED) is 0.323. The van der Waals surface area contributed by atoms with Crippen LogP contribution in [0.1, 0.15) is 31.7 Å². The van der Waals surface area contributed by atoms with Crippen LogP contribution in [-0.2, 0) is 6.54 Å². The SMILES string of the molecule is CCN1CCC(CCNC(=NC)N2CCN(Cc3ccc(OC)c(F)c3)CC2)CC1.I. The van der Waals surface area contributed by atoms with Crippen LogP contribution in [0.2, 0.25) is 0 Å². The van der Waals surface area contributed by atoms with Crippen molar-refractivity contribution >= 4 is 29.9 Å². The fourth-order valence-electron chi connectivity index (χ4n) is 4.50. The van der Waals surface area contributed by atoms with Gasteiger partial charge in [0.05, 0.1) is 7.11 Å². The number of nitrogens with zero attached hydrogens (tertiary/aromatic N) is 4. The third-order valence-electron chi connectivity index (χ3n) is 6.50. The molecule has 31 heavy (non-hydrogen) atoms. The molecule has 2 fully saturated rings. The van der Waals surface area contributed by atoms with Crippen molar-refractivity contribution in [1.82, 2.24) is 20.0 Å². The van der Waals surface area contributed by atoms with Crippen molar-refractivity contribution in [3.8, 4) is 5.75 Å². The first-order chi connectivity index (χ1) is 14.6. The maximum absolute atomic E-state index is 13.9. The molecule has 0 bridgehead atoms. The summed E-state index contributed by atoms with van der Waals surface area (Å²) in [6.07, 6.45) is 3.86. The van der Waals surface area contributed by atoms with Gasteiger partial charge in [0.1, 0.15) is 0 Å². The number of methoxy groups -OCH3 is 1. The number of benzene rings is 1. The minimum absolute atomic E-state index is 0. The highest BCUT2D eigenvalue weighted by Crippen LogP contribution is 2.20. The van der Waals surface area contributed by atoms with E-state index in [4.69, 9.17) is 4.74 Å². The van der Waals surface area contributed by atoms with Crippen LogP contribution in [-0.4, -0.2) is 87.2 Å². The Balaban J connectivity index is 0.00000341. The zero-order valence-electron chi connectivity index (χ0n) is 19.3. The summed E-state index contributed by atoms with van der Waals surface area (Å²) in [6.45, 7) is 11.4. The number of piperazine rings is 1. The number of guanidine groups is 1. The lowest BCUT2D eigenvalue weighted by atomic mass is 9.93. The van der Waals surface area contributed by atoms with Gasteiger partial charge in [0.15, 0.2) is 17.5 Å². The highest BCUT2D eigenvalue weighted by atomic mass is 127. The van der Waals surface area contributed by atoms with Crippen LogP contribution in [0.5, 0.6) is 5.75 Å². The Labute approximate surface area is 204 Å². The second kappa shape index (κ2) is 13.4.